The number of esters is 1. The molecule has 1 aromatic rings. The molecule has 0 spiro atoms. The van der Waals surface area contributed by atoms with Crippen molar-refractivity contribution in [1.29, 1.82) is 0 Å². The molecule has 4 fully saturated rings. The second-order valence-electron chi connectivity index (χ2n) is 7.56. The first-order valence-corrected chi connectivity index (χ1v) is 8.40. The fourth-order valence-corrected chi connectivity index (χ4v) is 5.35. The number of ketones is 1. The van der Waals surface area contributed by atoms with Crippen molar-refractivity contribution >= 4 is 11.8 Å². The maximum atomic E-state index is 12.7. The van der Waals surface area contributed by atoms with Crippen molar-refractivity contribution in [3.8, 4) is 0 Å². The monoisotopic (exact) mass is 298 g/mol. The molecule has 0 N–H and O–H groups in total. The first kappa shape index (κ1) is 14.0. The molecule has 4 saturated carbocycles. The van der Waals surface area contributed by atoms with Crippen LogP contribution in [0, 0.1) is 23.2 Å². The van der Waals surface area contributed by atoms with Crippen LogP contribution in [-0.4, -0.2) is 18.4 Å². The fourth-order valence-electron chi connectivity index (χ4n) is 5.35. The van der Waals surface area contributed by atoms with E-state index in [2.05, 4.69) is 0 Å². The van der Waals surface area contributed by atoms with E-state index in [1.54, 1.807) is 12.1 Å². The van der Waals surface area contributed by atoms with Gasteiger partial charge in [-0.05, 0) is 56.3 Å². The van der Waals surface area contributed by atoms with Gasteiger partial charge in [-0.1, -0.05) is 30.3 Å². The molecule has 1 aromatic carbocycles. The topological polar surface area (TPSA) is 43.4 Å². The average molecular weight is 298 g/mol. The van der Waals surface area contributed by atoms with E-state index in [-0.39, 0.29) is 23.8 Å². The van der Waals surface area contributed by atoms with Crippen molar-refractivity contribution in [2.24, 2.45) is 23.2 Å². The lowest BCUT2D eigenvalue weighted by molar-refractivity contribution is -0.170. The number of hydrogen-bond donors (Lipinski definition) is 0. The first-order valence-electron chi connectivity index (χ1n) is 8.40. The Hall–Kier alpha value is -1.64. The molecule has 0 atom stereocenters. The van der Waals surface area contributed by atoms with Crippen LogP contribution in [-0.2, 0) is 9.53 Å². The molecule has 3 nitrogen and oxygen atoms in total. The lowest BCUT2D eigenvalue weighted by Crippen LogP contribution is -2.50. The van der Waals surface area contributed by atoms with E-state index in [4.69, 9.17) is 4.74 Å². The molecule has 0 unspecified atom stereocenters. The molecule has 22 heavy (non-hydrogen) atoms. The molecule has 4 bridgehead atoms. The van der Waals surface area contributed by atoms with Gasteiger partial charge >= 0.3 is 5.97 Å². The van der Waals surface area contributed by atoms with Crippen molar-refractivity contribution in [3.63, 3.8) is 0 Å². The van der Waals surface area contributed by atoms with E-state index in [0.717, 1.165) is 19.3 Å². The molecule has 116 valence electrons. The third-order valence-corrected chi connectivity index (χ3v) is 5.90. The summed E-state index contributed by atoms with van der Waals surface area (Å²) in [6, 6.07) is 9.06. The largest absolute Gasteiger partial charge is 0.457 e. The van der Waals surface area contributed by atoms with Gasteiger partial charge in [-0.2, -0.15) is 0 Å². The van der Waals surface area contributed by atoms with Gasteiger partial charge in [0, 0.05) is 5.56 Å². The lowest BCUT2D eigenvalue weighted by atomic mass is 9.49. The van der Waals surface area contributed by atoms with Gasteiger partial charge in [0.2, 0.25) is 0 Å². The number of hydrogen-bond acceptors (Lipinski definition) is 3. The highest BCUT2D eigenvalue weighted by Gasteiger charge is 2.55. The highest BCUT2D eigenvalue weighted by Crippen LogP contribution is 2.60. The predicted molar refractivity (Wildman–Crippen MR) is 82.3 cm³/mol. The van der Waals surface area contributed by atoms with E-state index in [1.807, 2.05) is 18.2 Å². The minimum atomic E-state index is -0.272. The highest BCUT2D eigenvalue weighted by molar-refractivity contribution is 5.98. The summed E-state index contributed by atoms with van der Waals surface area (Å²) < 4.78 is 5.45. The van der Waals surface area contributed by atoms with E-state index in [0.29, 0.717) is 23.3 Å². The van der Waals surface area contributed by atoms with Crippen LogP contribution in [0.15, 0.2) is 30.3 Å². The molecule has 4 aliphatic carbocycles. The van der Waals surface area contributed by atoms with Crippen LogP contribution in [0.2, 0.25) is 0 Å². The van der Waals surface area contributed by atoms with E-state index in [9.17, 15) is 9.59 Å². The van der Waals surface area contributed by atoms with Crippen molar-refractivity contribution in [3.05, 3.63) is 35.9 Å². The summed E-state index contributed by atoms with van der Waals surface area (Å²) in [6.07, 6.45) is 6.85. The van der Waals surface area contributed by atoms with Crippen LogP contribution in [0.5, 0.6) is 0 Å². The quantitative estimate of drug-likeness (QED) is 0.630. The smallest absolute Gasteiger partial charge is 0.312 e. The highest BCUT2D eigenvalue weighted by atomic mass is 16.5. The standard InChI is InChI=1S/C19H22O3/c20-17(16-4-2-1-3-5-16)12-22-18(21)19-9-13-6-14(10-19)8-15(7-13)11-19/h1-5,13-15H,6-12H2. The molecular formula is C19H22O3. The summed E-state index contributed by atoms with van der Waals surface area (Å²) in [7, 11) is 0. The molecule has 0 radical (unpaired) electrons. The molecule has 0 amide bonds. The molecule has 0 aromatic heterocycles. The Morgan fingerprint density at radius 3 is 2.05 bits per heavy atom. The third-order valence-electron chi connectivity index (χ3n) is 5.90. The zero-order valence-electron chi connectivity index (χ0n) is 12.8. The van der Waals surface area contributed by atoms with Crippen LogP contribution >= 0.6 is 0 Å². The first-order chi connectivity index (χ1) is 10.6. The molecule has 0 saturated heterocycles. The van der Waals surface area contributed by atoms with Gasteiger partial charge in [-0.15, -0.1) is 0 Å². The molecule has 4 aliphatic rings. The predicted octanol–water partition coefficient (Wildman–Crippen LogP) is 3.63. The Labute approximate surface area is 131 Å². The van der Waals surface area contributed by atoms with Gasteiger partial charge in [0.1, 0.15) is 0 Å². The summed E-state index contributed by atoms with van der Waals surface area (Å²) in [5.74, 6) is 1.91. The molecule has 0 aliphatic heterocycles. The second-order valence-corrected chi connectivity index (χ2v) is 7.56. The SMILES string of the molecule is O=C(COC(=O)C12CC3CC(CC(C3)C1)C2)c1ccccc1. The van der Waals surface area contributed by atoms with Crippen molar-refractivity contribution in [2.45, 2.75) is 38.5 Å². The van der Waals surface area contributed by atoms with Crippen LogP contribution in [0.25, 0.3) is 0 Å². The maximum absolute atomic E-state index is 12.7. The Balaban J connectivity index is 1.41. The fraction of sp³-hybridized carbons (Fsp3) is 0.579. The van der Waals surface area contributed by atoms with Crippen LogP contribution in [0.1, 0.15) is 48.9 Å². The van der Waals surface area contributed by atoms with Gasteiger partial charge in [-0.3, -0.25) is 9.59 Å². The zero-order chi connectivity index (χ0) is 15.2. The van der Waals surface area contributed by atoms with Crippen molar-refractivity contribution in [1.82, 2.24) is 0 Å². The van der Waals surface area contributed by atoms with E-state index < -0.39 is 0 Å². The van der Waals surface area contributed by atoms with Crippen molar-refractivity contribution < 1.29 is 14.3 Å². The Bertz CT molecular complexity index is 555. The van der Waals surface area contributed by atoms with Gasteiger partial charge in [0.05, 0.1) is 5.41 Å². The summed E-state index contributed by atoms with van der Waals surface area (Å²) in [6.45, 7) is -0.120. The molecule has 3 heteroatoms. The summed E-state index contributed by atoms with van der Waals surface area (Å²) in [5.41, 5.74) is 0.340. The van der Waals surface area contributed by atoms with Gasteiger partial charge in [0.15, 0.2) is 12.4 Å². The van der Waals surface area contributed by atoms with Crippen LogP contribution in [0.4, 0.5) is 0 Å². The summed E-state index contributed by atoms with van der Waals surface area (Å²) >= 11 is 0. The number of rotatable bonds is 4. The normalized spacial score (nSPS) is 35.4. The van der Waals surface area contributed by atoms with Crippen molar-refractivity contribution in [2.75, 3.05) is 6.61 Å². The third kappa shape index (κ3) is 2.37. The zero-order valence-corrected chi connectivity index (χ0v) is 12.8. The van der Waals surface area contributed by atoms with E-state index >= 15 is 0 Å². The minimum absolute atomic E-state index is 0.112. The Morgan fingerprint density at radius 2 is 1.50 bits per heavy atom. The number of carbonyl (C=O) groups is 2. The Morgan fingerprint density at radius 1 is 0.955 bits per heavy atom. The summed E-state index contributed by atoms with van der Waals surface area (Å²) in [5, 5.41) is 0. The Kier molecular flexibility index (Phi) is 3.32. The van der Waals surface area contributed by atoms with Gasteiger partial charge in [-0.25, -0.2) is 0 Å². The summed E-state index contributed by atoms with van der Waals surface area (Å²) in [4.78, 5) is 24.8. The second kappa shape index (κ2) is 5.22. The molecular weight excluding hydrogens is 276 g/mol. The number of carbonyl (C=O) groups excluding carboxylic acids is 2. The molecule has 0 heterocycles. The average Bonchev–Trinajstić information content (AvgIpc) is 2.51. The van der Waals surface area contributed by atoms with Crippen LogP contribution in [0.3, 0.4) is 0 Å². The van der Waals surface area contributed by atoms with Gasteiger partial charge in [0.25, 0.3) is 0 Å². The lowest BCUT2D eigenvalue weighted by Gasteiger charge is -2.55. The van der Waals surface area contributed by atoms with E-state index in [1.165, 1.54) is 19.3 Å². The number of ether oxygens (including phenoxy) is 1. The molecule has 5 rings (SSSR count). The number of Topliss-reactive ketones (excluding diaryl/α,β-unsaturated/α-hetero) is 1. The number of benzene rings is 1. The van der Waals surface area contributed by atoms with Crippen LogP contribution < -0.4 is 0 Å². The maximum Gasteiger partial charge on any atom is 0.312 e. The minimum Gasteiger partial charge on any atom is -0.457 e. The van der Waals surface area contributed by atoms with Gasteiger partial charge < -0.3 is 4.74 Å².